The molecule has 3 N–H and O–H groups in total. The van der Waals surface area contributed by atoms with Crippen LogP contribution < -0.4 is 11.1 Å². The third-order valence-electron chi connectivity index (χ3n) is 3.86. The van der Waals surface area contributed by atoms with Crippen LogP contribution in [-0.4, -0.2) is 67.1 Å². The monoisotopic (exact) mass is 270 g/mol. The van der Waals surface area contributed by atoms with Gasteiger partial charge in [0.05, 0.1) is 0 Å². The Bertz CT molecular complexity index is 262. The summed E-state index contributed by atoms with van der Waals surface area (Å²) in [5, 5.41) is 2.93. The van der Waals surface area contributed by atoms with E-state index in [9.17, 15) is 4.79 Å². The van der Waals surface area contributed by atoms with Crippen molar-refractivity contribution in [3.63, 3.8) is 0 Å². The van der Waals surface area contributed by atoms with Gasteiger partial charge in [0.15, 0.2) is 0 Å². The van der Waals surface area contributed by atoms with Crippen LogP contribution in [0.5, 0.6) is 0 Å². The van der Waals surface area contributed by atoms with Crippen LogP contribution >= 0.6 is 0 Å². The third kappa shape index (κ3) is 5.47. The Labute approximate surface area is 117 Å². The van der Waals surface area contributed by atoms with Gasteiger partial charge in [-0.25, -0.2) is 0 Å². The Morgan fingerprint density at radius 1 is 1.21 bits per heavy atom. The molecule has 0 saturated carbocycles. The summed E-state index contributed by atoms with van der Waals surface area (Å²) in [6.07, 6.45) is 1.50. The highest BCUT2D eigenvalue weighted by Gasteiger charge is 2.25. The highest BCUT2D eigenvalue weighted by atomic mass is 16.1. The Kier molecular flexibility index (Phi) is 7.34. The number of nitrogens with one attached hydrogen (secondary N) is 1. The van der Waals surface area contributed by atoms with Crippen LogP contribution in [0.4, 0.5) is 0 Å². The molecule has 1 heterocycles. The van der Waals surface area contributed by atoms with E-state index in [0.29, 0.717) is 19.0 Å². The van der Waals surface area contributed by atoms with Crippen molar-refractivity contribution in [2.45, 2.75) is 45.7 Å². The van der Waals surface area contributed by atoms with Crippen LogP contribution in [0.15, 0.2) is 0 Å². The first-order chi connectivity index (χ1) is 9.08. The largest absolute Gasteiger partial charge is 0.356 e. The maximum absolute atomic E-state index is 11.8. The van der Waals surface area contributed by atoms with E-state index in [1.54, 1.807) is 0 Å². The molecule has 1 amide bonds. The fourth-order valence-corrected chi connectivity index (χ4v) is 2.53. The van der Waals surface area contributed by atoms with Crippen molar-refractivity contribution in [3.8, 4) is 0 Å². The number of hydrogen-bond acceptors (Lipinski definition) is 4. The van der Waals surface area contributed by atoms with Crippen LogP contribution in [0.1, 0.15) is 33.6 Å². The van der Waals surface area contributed by atoms with Crippen molar-refractivity contribution in [1.82, 2.24) is 15.1 Å². The number of rotatable bonds is 7. The molecule has 5 nitrogen and oxygen atoms in total. The summed E-state index contributed by atoms with van der Waals surface area (Å²) >= 11 is 0. The van der Waals surface area contributed by atoms with Crippen LogP contribution in [0.25, 0.3) is 0 Å². The average molecular weight is 270 g/mol. The number of piperazine rings is 1. The molecule has 112 valence electrons. The molecule has 0 bridgehead atoms. The molecule has 1 unspecified atom stereocenters. The first-order valence-electron chi connectivity index (χ1n) is 7.53. The van der Waals surface area contributed by atoms with Crippen LogP contribution in [0.2, 0.25) is 0 Å². The van der Waals surface area contributed by atoms with Gasteiger partial charge in [-0.2, -0.15) is 0 Å². The Morgan fingerprint density at radius 3 is 2.26 bits per heavy atom. The van der Waals surface area contributed by atoms with Crippen molar-refractivity contribution < 1.29 is 4.79 Å². The average Bonchev–Trinajstić information content (AvgIpc) is 2.42. The molecular formula is C14H30N4O. The second kappa shape index (κ2) is 8.51. The van der Waals surface area contributed by atoms with E-state index in [2.05, 4.69) is 35.9 Å². The molecule has 1 saturated heterocycles. The molecule has 1 atom stereocenters. The molecule has 19 heavy (non-hydrogen) atoms. The molecule has 1 aliphatic heterocycles. The van der Waals surface area contributed by atoms with Crippen molar-refractivity contribution in [1.29, 1.82) is 0 Å². The highest BCUT2D eigenvalue weighted by Crippen LogP contribution is 2.10. The van der Waals surface area contributed by atoms with Gasteiger partial charge in [0, 0.05) is 57.8 Å². The molecule has 0 aliphatic carbocycles. The Balaban J connectivity index is 2.37. The molecule has 5 heteroatoms. The topological polar surface area (TPSA) is 61.6 Å². The van der Waals surface area contributed by atoms with Gasteiger partial charge in [0.25, 0.3) is 0 Å². The summed E-state index contributed by atoms with van der Waals surface area (Å²) in [7, 11) is 0. The third-order valence-corrected chi connectivity index (χ3v) is 3.86. The number of carbonyl (C=O) groups is 1. The summed E-state index contributed by atoms with van der Waals surface area (Å²) in [5.41, 5.74) is 5.84. The van der Waals surface area contributed by atoms with E-state index in [1.165, 1.54) is 0 Å². The molecule has 1 rings (SSSR count). The second-order valence-electron chi connectivity index (χ2n) is 5.61. The standard InChI is InChI=1S/C14H30N4O/c1-4-5-16-14(19)10-13(11-15)18-8-6-17(7-9-18)12(2)3/h12-13H,4-11,15H2,1-3H3,(H,16,19). The molecule has 0 radical (unpaired) electrons. The summed E-state index contributed by atoms with van der Waals surface area (Å²) in [4.78, 5) is 16.6. The number of amides is 1. The zero-order valence-corrected chi connectivity index (χ0v) is 12.7. The molecule has 0 aromatic rings. The van der Waals surface area contributed by atoms with E-state index in [-0.39, 0.29) is 11.9 Å². The maximum atomic E-state index is 11.8. The predicted octanol–water partition coefficient (Wildman–Crippen LogP) is 0.256. The molecule has 1 aliphatic rings. The quantitative estimate of drug-likeness (QED) is 0.696. The van der Waals surface area contributed by atoms with Gasteiger partial charge < -0.3 is 11.1 Å². The lowest BCUT2D eigenvalue weighted by Gasteiger charge is -2.40. The SMILES string of the molecule is CCCNC(=O)CC(CN)N1CCN(C(C)C)CC1. The first-order valence-corrected chi connectivity index (χ1v) is 7.53. The lowest BCUT2D eigenvalue weighted by Crippen LogP contribution is -2.54. The second-order valence-corrected chi connectivity index (χ2v) is 5.61. The van der Waals surface area contributed by atoms with E-state index in [1.807, 2.05) is 0 Å². The minimum Gasteiger partial charge on any atom is -0.356 e. The number of nitrogens with two attached hydrogens (primary N) is 1. The normalized spacial score (nSPS) is 19.6. The van der Waals surface area contributed by atoms with Gasteiger partial charge in [-0.3, -0.25) is 14.6 Å². The Hall–Kier alpha value is -0.650. The van der Waals surface area contributed by atoms with E-state index in [0.717, 1.165) is 39.1 Å². The number of hydrogen-bond donors (Lipinski definition) is 2. The van der Waals surface area contributed by atoms with Crippen molar-refractivity contribution in [2.75, 3.05) is 39.3 Å². The van der Waals surface area contributed by atoms with Crippen LogP contribution in [0, 0.1) is 0 Å². The van der Waals surface area contributed by atoms with Gasteiger partial charge in [-0.1, -0.05) is 6.92 Å². The molecule has 0 spiro atoms. The maximum Gasteiger partial charge on any atom is 0.221 e. The van der Waals surface area contributed by atoms with Crippen LogP contribution in [-0.2, 0) is 4.79 Å². The van der Waals surface area contributed by atoms with Crippen molar-refractivity contribution in [2.24, 2.45) is 5.73 Å². The Morgan fingerprint density at radius 2 is 1.79 bits per heavy atom. The molecular weight excluding hydrogens is 240 g/mol. The first kappa shape index (κ1) is 16.4. The highest BCUT2D eigenvalue weighted by molar-refractivity contribution is 5.76. The molecule has 0 aromatic carbocycles. The fraction of sp³-hybridized carbons (Fsp3) is 0.929. The van der Waals surface area contributed by atoms with E-state index < -0.39 is 0 Å². The van der Waals surface area contributed by atoms with Gasteiger partial charge >= 0.3 is 0 Å². The van der Waals surface area contributed by atoms with Crippen molar-refractivity contribution in [3.05, 3.63) is 0 Å². The lowest BCUT2D eigenvalue weighted by molar-refractivity contribution is -0.122. The fourth-order valence-electron chi connectivity index (χ4n) is 2.53. The summed E-state index contributed by atoms with van der Waals surface area (Å²) in [5.74, 6) is 0.128. The van der Waals surface area contributed by atoms with E-state index >= 15 is 0 Å². The smallest absolute Gasteiger partial charge is 0.221 e. The summed E-state index contributed by atoms with van der Waals surface area (Å²) in [6.45, 7) is 12.0. The number of carbonyl (C=O) groups excluding carboxylic acids is 1. The van der Waals surface area contributed by atoms with Gasteiger partial charge in [-0.05, 0) is 20.3 Å². The lowest BCUT2D eigenvalue weighted by atomic mass is 10.1. The zero-order valence-electron chi connectivity index (χ0n) is 12.7. The van der Waals surface area contributed by atoms with Gasteiger partial charge in [0.2, 0.25) is 5.91 Å². The van der Waals surface area contributed by atoms with Crippen LogP contribution in [0.3, 0.4) is 0 Å². The zero-order chi connectivity index (χ0) is 14.3. The van der Waals surface area contributed by atoms with Crippen molar-refractivity contribution >= 4 is 5.91 Å². The molecule has 0 aromatic heterocycles. The minimum atomic E-state index is 0.128. The minimum absolute atomic E-state index is 0.128. The number of nitrogens with zero attached hydrogens (tertiary/aromatic N) is 2. The summed E-state index contributed by atoms with van der Waals surface area (Å²) in [6, 6.07) is 0.789. The van der Waals surface area contributed by atoms with E-state index in [4.69, 9.17) is 5.73 Å². The molecule has 1 fully saturated rings. The summed E-state index contributed by atoms with van der Waals surface area (Å²) < 4.78 is 0. The predicted molar refractivity (Wildman–Crippen MR) is 79.0 cm³/mol. The van der Waals surface area contributed by atoms with Gasteiger partial charge in [-0.15, -0.1) is 0 Å². The van der Waals surface area contributed by atoms with Gasteiger partial charge in [0.1, 0.15) is 0 Å².